The van der Waals surface area contributed by atoms with Crippen molar-refractivity contribution in [3.05, 3.63) is 5.89 Å². The van der Waals surface area contributed by atoms with Crippen LogP contribution in [0.1, 0.15) is 32.7 Å². The number of nitrogens with zero attached hydrogens (tertiary/aromatic N) is 2. The van der Waals surface area contributed by atoms with E-state index >= 15 is 0 Å². The molecule has 0 aliphatic rings. The maximum absolute atomic E-state index is 11.1. The zero-order chi connectivity index (χ0) is 12.8. The van der Waals surface area contributed by atoms with Gasteiger partial charge in [-0.3, -0.25) is 4.79 Å². The lowest BCUT2D eigenvalue weighted by Crippen LogP contribution is -3.00. The Bertz CT molecular complexity index is 373. The Balaban J connectivity index is 0.00000289. The minimum Gasteiger partial charge on any atom is -1.00 e. The number of hydrogen-bond donors (Lipinski definition) is 1. The van der Waals surface area contributed by atoms with Crippen LogP contribution in [0.5, 0.6) is 0 Å². The van der Waals surface area contributed by atoms with E-state index in [1.54, 1.807) is 6.92 Å². The second kappa shape index (κ2) is 8.34. The molecule has 1 atom stereocenters. The molecule has 104 valence electrons. The van der Waals surface area contributed by atoms with Crippen molar-refractivity contribution < 1.29 is 32.1 Å². The molecule has 0 radical (unpaired) electrons. The Morgan fingerprint density at radius 1 is 1.50 bits per heavy atom. The van der Waals surface area contributed by atoms with Gasteiger partial charge < -0.3 is 27.3 Å². The molecular weight excluding hydrogens is 278 g/mol. The summed E-state index contributed by atoms with van der Waals surface area (Å²) < 4.78 is 10.2. The van der Waals surface area contributed by atoms with Crippen molar-refractivity contribution in [3.8, 4) is 0 Å². The molecule has 0 bridgehead atoms. The molecule has 1 heterocycles. The van der Waals surface area contributed by atoms with E-state index in [2.05, 4.69) is 15.9 Å². The third-order valence-corrected chi connectivity index (χ3v) is 2.95. The van der Waals surface area contributed by atoms with Gasteiger partial charge in [0.15, 0.2) is 6.04 Å². The van der Waals surface area contributed by atoms with E-state index in [0.717, 1.165) is 0 Å². The largest absolute Gasteiger partial charge is 1.00 e. The standard InChI is InChI=1S/C10H17N3O3S.ClH/c1-4-15-7(14)5-17-10-13-12-9(16-10)8(11)6(2)3;/h6,8H,4-5,11H2,1-3H3;1H/t8-;/m0./s1. The zero-order valence-corrected chi connectivity index (χ0v) is 12.3. The fourth-order valence-electron chi connectivity index (χ4n) is 1.04. The number of halogens is 1. The summed E-state index contributed by atoms with van der Waals surface area (Å²) in [5.41, 5.74) is 3.95. The van der Waals surface area contributed by atoms with Crippen LogP contribution < -0.4 is 18.1 Å². The van der Waals surface area contributed by atoms with Crippen LogP contribution >= 0.6 is 11.8 Å². The maximum Gasteiger partial charge on any atom is 0.316 e. The predicted molar refractivity (Wildman–Crippen MR) is 62.1 cm³/mol. The van der Waals surface area contributed by atoms with Crippen molar-refractivity contribution in [1.29, 1.82) is 0 Å². The van der Waals surface area contributed by atoms with Gasteiger partial charge in [0.2, 0.25) is 0 Å². The molecule has 0 saturated heterocycles. The van der Waals surface area contributed by atoms with Crippen molar-refractivity contribution in [2.75, 3.05) is 12.4 Å². The third kappa shape index (κ3) is 5.24. The summed E-state index contributed by atoms with van der Waals surface area (Å²) in [5.74, 6) is 0.732. The van der Waals surface area contributed by atoms with Gasteiger partial charge in [0.25, 0.3) is 11.1 Å². The molecule has 8 heteroatoms. The number of carbonyl (C=O) groups is 1. The zero-order valence-electron chi connectivity index (χ0n) is 10.7. The SMILES string of the molecule is CCOC(=O)CSc1nnc([C@@H]([NH3+])C(C)C)o1.[Cl-]. The molecule has 1 aromatic rings. The highest BCUT2D eigenvalue weighted by atomic mass is 35.5. The van der Waals surface area contributed by atoms with Gasteiger partial charge in [-0.25, -0.2) is 0 Å². The summed E-state index contributed by atoms with van der Waals surface area (Å²) >= 11 is 1.18. The van der Waals surface area contributed by atoms with Gasteiger partial charge in [-0.2, -0.15) is 0 Å². The molecule has 1 rings (SSSR count). The number of carbonyl (C=O) groups excluding carboxylic acids is 1. The maximum atomic E-state index is 11.1. The number of rotatable bonds is 6. The lowest BCUT2D eigenvalue weighted by Gasteiger charge is -2.05. The molecule has 1 aromatic heterocycles. The molecule has 18 heavy (non-hydrogen) atoms. The van der Waals surface area contributed by atoms with E-state index in [1.807, 2.05) is 13.8 Å². The van der Waals surface area contributed by atoms with Crippen LogP contribution in [0.3, 0.4) is 0 Å². The first-order valence-electron chi connectivity index (χ1n) is 5.49. The Morgan fingerprint density at radius 3 is 2.72 bits per heavy atom. The Labute approximate surface area is 116 Å². The summed E-state index contributed by atoms with van der Waals surface area (Å²) in [5, 5.41) is 8.14. The molecule has 3 N–H and O–H groups in total. The number of quaternary nitrogens is 1. The van der Waals surface area contributed by atoms with Gasteiger partial charge in [-0.05, 0) is 6.92 Å². The Hall–Kier alpha value is -0.790. The van der Waals surface area contributed by atoms with Crippen molar-refractivity contribution in [2.24, 2.45) is 5.92 Å². The fraction of sp³-hybridized carbons (Fsp3) is 0.700. The van der Waals surface area contributed by atoms with E-state index in [4.69, 9.17) is 9.15 Å². The summed E-state index contributed by atoms with van der Waals surface area (Å²) in [4.78, 5) is 11.1. The molecule has 0 aliphatic heterocycles. The first kappa shape index (κ1) is 17.2. The quantitative estimate of drug-likeness (QED) is 0.467. The van der Waals surface area contributed by atoms with Crippen molar-refractivity contribution in [3.63, 3.8) is 0 Å². The topological polar surface area (TPSA) is 92.9 Å². The average Bonchev–Trinajstić information content (AvgIpc) is 2.74. The van der Waals surface area contributed by atoms with Gasteiger partial charge in [0, 0.05) is 5.92 Å². The highest BCUT2D eigenvalue weighted by molar-refractivity contribution is 7.99. The average molecular weight is 296 g/mol. The molecule has 0 unspecified atom stereocenters. The summed E-state index contributed by atoms with van der Waals surface area (Å²) in [6.07, 6.45) is 0. The highest BCUT2D eigenvalue weighted by Crippen LogP contribution is 2.21. The molecule has 0 saturated carbocycles. The van der Waals surface area contributed by atoms with E-state index in [0.29, 0.717) is 23.6 Å². The van der Waals surface area contributed by atoms with Crippen LogP contribution in [0.25, 0.3) is 0 Å². The second-order valence-corrected chi connectivity index (χ2v) is 4.78. The van der Waals surface area contributed by atoms with Crippen molar-refractivity contribution >= 4 is 17.7 Å². The van der Waals surface area contributed by atoms with Gasteiger partial charge in [-0.1, -0.05) is 25.6 Å². The first-order chi connectivity index (χ1) is 8.04. The minimum absolute atomic E-state index is 0. The lowest BCUT2D eigenvalue weighted by molar-refractivity contribution is -0.443. The number of hydrogen-bond acceptors (Lipinski definition) is 6. The summed E-state index contributed by atoms with van der Waals surface area (Å²) in [7, 11) is 0. The normalized spacial score (nSPS) is 12.1. The summed E-state index contributed by atoms with van der Waals surface area (Å²) in [6.45, 7) is 6.22. The van der Waals surface area contributed by atoms with Crippen LogP contribution in [0, 0.1) is 5.92 Å². The molecule has 0 aliphatic carbocycles. The van der Waals surface area contributed by atoms with Crippen LogP contribution in [0.4, 0.5) is 0 Å². The van der Waals surface area contributed by atoms with Gasteiger partial charge in [0.1, 0.15) is 5.75 Å². The summed E-state index contributed by atoms with van der Waals surface area (Å²) in [6, 6.07) is -0.0283. The molecule has 0 aromatic carbocycles. The molecule has 0 spiro atoms. The van der Waals surface area contributed by atoms with E-state index in [-0.39, 0.29) is 30.2 Å². The first-order valence-corrected chi connectivity index (χ1v) is 6.48. The number of thioether (sulfide) groups is 1. The van der Waals surface area contributed by atoms with Gasteiger partial charge in [-0.15, -0.1) is 10.2 Å². The fourth-order valence-corrected chi connectivity index (χ4v) is 1.60. The molecule has 0 amide bonds. The second-order valence-electron chi connectivity index (χ2n) is 3.85. The molecule has 6 nitrogen and oxygen atoms in total. The van der Waals surface area contributed by atoms with Crippen LogP contribution in [0.15, 0.2) is 9.64 Å². The molecular formula is C10H18ClN3O3S. The molecule has 0 fully saturated rings. The number of ether oxygens (including phenoxy) is 1. The number of aromatic nitrogens is 2. The monoisotopic (exact) mass is 295 g/mol. The van der Waals surface area contributed by atoms with Crippen molar-refractivity contribution in [1.82, 2.24) is 10.2 Å². The van der Waals surface area contributed by atoms with Crippen LogP contribution in [0.2, 0.25) is 0 Å². The van der Waals surface area contributed by atoms with E-state index in [1.165, 1.54) is 11.8 Å². The van der Waals surface area contributed by atoms with Crippen molar-refractivity contribution in [2.45, 2.75) is 32.0 Å². The Kier molecular flexibility index (Phi) is 7.97. The van der Waals surface area contributed by atoms with Gasteiger partial charge >= 0.3 is 5.97 Å². The lowest BCUT2D eigenvalue weighted by atomic mass is 10.1. The third-order valence-electron chi connectivity index (χ3n) is 2.16. The highest BCUT2D eigenvalue weighted by Gasteiger charge is 2.21. The smallest absolute Gasteiger partial charge is 0.316 e. The van der Waals surface area contributed by atoms with E-state index in [9.17, 15) is 4.79 Å². The van der Waals surface area contributed by atoms with Crippen LogP contribution in [-0.2, 0) is 9.53 Å². The van der Waals surface area contributed by atoms with E-state index < -0.39 is 0 Å². The Morgan fingerprint density at radius 2 is 2.17 bits per heavy atom. The number of esters is 1. The predicted octanol–water partition coefficient (Wildman–Crippen LogP) is -2.33. The minimum atomic E-state index is -0.285. The van der Waals surface area contributed by atoms with Crippen LogP contribution in [-0.4, -0.2) is 28.5 Å². The van der Waals surface area contributed by atoms with Gasteiger partial charge in [0.05, 0.1) is 6.61 Å².